The number of ether oxygens (including phenoxy) is 1. The summed E-state index contributed by atoms with van der Waals surface area (Å²) in [5.41, 5.74) is 4.77. The number of H-pyrrole nitrogens is 1. The molecule has 1 N–H and O–H groups in total. The fourth-order valence-corrected chi connectivity index (χ4v) is 3.59. The molecule has 5 aromatic rings. The molecule has 0 atom stereocenters. The first kappa shape index (κ1) is 19.7. The van der Waals surface area contributed by atoms with Gasteiger partial charge in [-0.25, -0.2) is 14.3 Å². The van der Waals surface area contributed by atoms with Gasteiger partial charge in [-0.3, -0.25) is 4.57 Å². The third-order valence-electron chi connectivity index (χ3n) is 5.00. The van der Waals surface area contributed by atoms with Crippen molar-refractivity contribution >= 4 is 34.6 Å². The Labute approximate surface area is 178 Å². The van der Waals surface area contributed by atoms with Crippen LogP contribution in [0, 0.1) is 6.92 Å². The summed E-state index contributed by atoms with van der Waals surface area (Å²) < 4.78 is 9.31. The summed E-state index contributed by atoms with van der Waals surface area (Å²) in [6, 6.07) is 17.6. The van der Waals surface area contributed by atoms with Gasteiger partial charge in [0.1, 0.15) is 5.75 Å². The highest BCUT2D eigenvalue weighted by molar-refractivity contribution is 5.85. The highest BCUT2D eigenvalue weighted by atomic mass is 35.5. The van der Waals surface area contributed by atoms with Gasteiger partial charge in [-0.05, 0) is 61.9 Å². The maximum absolute atomic E-state index is 12.9. The van der Waals surface area contributed by atoms with Crippen LogP contribution in [-0.4, -0.2) is 24.1 Å². The van der Waals surface area contributed by atoms with E-state index in [0.717, 1.165) is 27.8 Å². The molecule has 8 heteroatoms. The number of halogens is 1. The molecule has 0 bridgehead atoms. The predicted molar refractivity (Wildman–Crippen MR) is 119 cm³/mol. The molecule has 7 nitrogen and oxygen atoms in total. The molecule has 0 unspecified atom stereocenters. The highest BCUT2D eigenvalue weighted by Gasteiger charge is 2.15. The van der Waals surface area contributed by atoms with Crippen LogP contribution < -0.4 is 10.4 Å². The average Bonchev–Trinajstić information content (AvgIpc) is 3.26. The summed E-state index contributed by atoms with van der Waals surface area (Å²) in [6.07, 6.45) is 1.70. The lowest BCUT2D eigenvalue weighted by molar-refractivity contribution is 0.446. The van der Waals surface area contributed by atoms with E-state index in [4.69, 9.17) is 4.74 Å². The van der Waals surface area contributed by atoms with Gasteiger partial charge in [0.2, 0.25) is 0 Å². The first-order chi connectivity index (χ1) is 14.2. The fraction of sp³-hybridized carbons (Fsp3) is 0.136. The van der Waals surface area contributed by atoms with Crippen LogP contribution in [-0.2, 0) is 6.54 Å². The number of rotatable bonds is 4. The summed E-state index contributed by atoms with van der Waals surface area (Å²) in [5.74, 6) is 0.674. The van der Waals surface area contributed by atoms with Crippen molar-refractivity contribution in [3.05, 3.63) is 76.8 Å². The van der Waals surface area contributed by atoms with Crippen molar-refractivity contribution in [2.75, 3.05) is 0 Å². The number of imidazole rings is 2. The van der Waals surface area contributed by atoms with E-state index in [1.807, 2.05) is 68.4 Å². The second-order valence-electron chi connectivity index (χ2n) is 6.82. The molecule has 0 saturated carbocycles. The van der Waals surface area contributed by atoms with Gasteiger partial charge in [0.25, 0.3) is 6.01 Å². The van der Waals surface area contributed by atoms with Gasteiger partial charge in [-0.15, -0.1) is 12.4 Å². The van der Waals surface area contributed by atoms with Crippen molar-refractivity contribution in [1.29, 1.82) is 0 Å². The summed E-state index contributed by atoms with van der Waals surface area (Å²) in [6.45, 7) is 4.48. The molecule has 0 aliphatic carbocycles. The Balaban J connectivity index is 0.00000218. The first-order valence-electron chi connectivity index (χ1n) is 9.45. The van der Waals surface area contributed by atoms with Crippen LogP contribution in [0.2, 0.25) is 0 Å². The molecule has 0 aliphatic rings. The lowest BCUT2D eigenvalue weighted by Crippen LogP contribution is -2.22. The zero-order valence-corrected chi connectivity index (χ0v) is 17.3. The molecule has 0 amide bonds. The number of nitrogens with zero attached hydrogens (tertiary/aromatic N) is 4. The van der Waals surface area contributed by atoms with E-state index >= 15 is 0 Å². The number of aromatic nitrogens is 5. The smallest absolute Gasteiger partial charge is 0.334 e. The fourth-order valence-electron chi connectivity index (χ4n) is 3.59. The van der Waals surface area contributed by atoms with Crippen LogP contribution in [0.5, 0.6) is 11.8 Å². The summed E-state index contributed by atoms with van der Waals surface area (Å²) in [4.78, 5) is 25.0. The Hall–Kier alpha value is -3.58. The van der Waals surface area contributed by atoms with Gasteiger partial charge < -0.3 is 9.72 Å². The van der Waals surface area contributed by atoms with E-state index in [0.29, 0.717) is 24.0 Å². The summed E-state index contributed by atoms with van der Waals surface area (Å²) in [5, 5.41) is 0. The number of benzene rings is 2. The number of para-hydroxylation sites is 2. The number of aryl methyl sites for hydroxylation is 2. The van der Waals surface area contributed by atoms with Crippen LogP contribution in [0.4, 0.5) is 0 Å². The number of nitrogens with one attached hydrogen (secondary N) is 1. The van der Waals surface area contributed by atoms with Gasteiger partial charge in [0.05, 0.1) is 22.2 Å². The average molecular weight is 422 g/mol. The molecule has 152 valence electrons. The maximum Gasteiger partial charge on any atom is 0.334 e. The van der Waals surface area contributed by atoms with E-state index in [1.54, 1.807) is 15.3 Å². The van der Waals surface area contributed by atoms with E-state index in [1.165, 1.54) is 0 Å². The van der Waals surface area contributed by atoms with Gasteiger partial charge in [-0.1, -0.05) is 12.1 Å². The quantitative estimate of drug-likeness (QED) is 0.459. The second kappa shape index (κ2) is 7.68. The maximum atomic E-state index is 12.9. The van der Waals surface area contributed by atoms with Crippen molar-refractivity contribution in [2.24, 2.45) is 0 Å². The Morgan fingerprint density at radius 3 is 2.70 bits per heavy atom. The molecule has 3 heterocycles. The topological polar surface area (TPSA) is 77.7 Å². The number of fused-ring (bicyclic) bond motifs is 2. The van der Waals surface area contributed by atoms with Crippen LogP contribution in [0.15, 0.2) is 65.6 Å². The van der Waals surface area contributed by atoms with Crippen molar-refractivity contribution in [1.82, 2.24) is 24.1 Å². The number of aromatic amines is 1. The van der Waals surface area contributed by atoms with Crippen LogP contribution in [0.25, 0.3) is 27.9 Å². The molecule has 0 fully saturated rings. The Bertz CT molecular complexity index is 1380. The molecule has 3 aromatic heterocycles. The Morgan fingerprint density at radius 2 is 1.93 bits per heavy atom. The highest BCUT2D eigenvalue weighted by Crippen LogP contribution is 2.27. The minimum atomic E-state index is -0.105. The number of pyridine rings is 1. The van der Waals surface area contributed by atoms with Gasteiger partial charge in [0, 0.05) is 12.7 Å². The monoisotopic (exact) mass is 421 g/mol. The van der Waals surface area contributed by atoms with Crippen molar-refractivity contribution in [3.63, 3.8) is 0 Å². The lowest BCUT2D eigenvalue weighted by Gasteiger charge is -2.09. The van der Waals surface area contributed by atoms with E-state index in [-0.39, 0.29) is 18.1 Å². The molecule has 30 heavy (non-hydrogen) atoms. The first-order valence-corrected chi connectivity index (χ1v) is 9.45. The van der Waals surface area contributed by atoms with Crippen molar-refractivity contribution in [2.45, 2.75) is 20.4 Å². The zero-order chi connectivity index (χ0) is 20.0. The van der Waals surface area contributed by atoms with Crippen LogP contribution in [0.3, 0.4) is 0 Å². The molecule has 2 aromatic carbocycles. The largest absolute Gasteiger partial charge is 0.425 e. The van der Waals surface area contributed by atoms with Crippen LogP contribution in [0.1, 0.15) is 12.5 Å². The SMILES string of the molecule is CCn1c(=O)n(-c2ccc(Oc3nc4ccccc4[nH]3)c(C)c2)c2ncccc21.Cl. The number of hydrogen-bond acceptors (Lipinski definition) is 4. The van der Waals surface area contributed by atoms with E-state index in [2.05, 4.69) is 15.0 Å². The molecule has 5 rings (SSSR count). The Morgan fingerprint density at radius 1 is 1.10 bits per heavy atom. The van der Waals surface area contributed by atoms with Crippen LogP contribution >= 0.6 is 12.4 Å². The molecular formula is C22H20ClN5O2. The van der Waals surface area contributed by atoms with Crippen molar-refractivity contribution in [3.8, 4) is 17.4 Å². The van der Waals surface area contributed by atoms with Gasteiger partial charge in [0.15, 0.2) is 5.65 Å². The van der Waals surface area contributed by atoms with Gasteiger partial charge >= 0.3 is 5.69 Å². The molecule has 0 aliphatic heterocycles. The Kier molecular flexibility index (Phi) is 5.05. The van der Waals surface area contributed by atoms with E-state index in [9.17, 15) is 4.79 Å². The van der Waals surface area contributed by atoms with E-state index < -0.39 is 0 Å². The lowest BCUT2D eigenvalue weighted by atomic mass is 10.2. The predicted octanol–water partition coefficient (Wildman–Crippen LogP) is 4.61. The minimum absolute atomic E-state index is 0. The molecule has 0 spiro atoms. The molecular weight excluding hydrogens is 402 g/mol. The zero-order valence-electron chi connectivity index (χ0n) is 16.5. The van der Waals surface area contributed by atoms with Gasteiger partial charge in [-0.2, -0.15) is 4.98 Å². The number of hydrogen-bond donors (Lipinski definition) is 1. The normalized spacial score (nSPS) is 11.0. The van der Waals surface area contributed by atoms with Crippen molar-refractivity contribution < 1.29 is 4.74 Å². The minimum Gasteiger partial charge on any atom is -0.425 e. The molecule has 0 saturated heterocycles. The molecule has 0 radical (unpaired) electrons. The third kappa shape index (κ3) is 3.13. The summed E-state index contributed by atoms with van der Waals surface area (Å²) >= 11 is 0. The third-order valence-corrected chi connectivity index (χ3v) is 5.00. The summed E-state index contributed by atoms with van der Waals surface area (Å²) in [7, 11) is 0. The second-order valence-corrected chi connectivity index (χ2v) is 6.82. The standard InChI is InChI=1S/C22H19N5O2.ClH/c1-3-26-18-9-6-12-23-20(18)27(22(26)28)15-10-11-19(14(2)13-15)29-21-24-16-7-4-5-8-17(16)25-21;/h4-13H,3H2,1-2H3,(H,24,25);1H.